The number of aryl methyl sites for hydroxylation is 1. The number of hydrogen-bond acceptors (Lipinski definition) is 2. The molecule has 2 nitrogen and oxygen atoms in total. The summed E-state index contributed by atoms with van der Waals surface area (Å²) in [7, 11) is 0. The van der Waals surface area contributed by atoms with Gasteiger partial charge in [0.05, 0.1) is 5.54 Å². The Labute approximate surface area is 125 Å². The van der Waals surface area contributed by atoms with Gasteiger partial charge in [-0.05, 0) is 54.7 Å². The molecule has 2 aromatic carbocycles. The third-order valence-corrected chi connectivity index (χ3v) is 4.41. The van der Waals surface area contributed by atoms with Gasteiger partial charge in [0.2, 0.25) is 0 Å². The zero-order chi connectivity index (χ0) is 14.0. The number of rotatable bonds is 3. The summed E-state index contributed by atoms with van der Waals surface area (Å²) >= 11 is 5.95. The summed E-state index contributed by atoms with van der Waals surface area (Å²) in [5, 5.41) is 4.40. The molecule has 1 unspecified atom stereocenters. The van der Waals surface area contributed by atoms with E-state index in [1.165, 1.54) is 11.1 Å². The van der Waals surface area contributed by atoms with Crippen LogP contribution < -0.4 is 11.1 Å². The SMILES string of the molecule is NCC1(Nc2ccc(Cl)cc2)CCCc2ccccc21. The second-order valence-electron chi connectivity index (χ2n) is 5.43. The van der Waals surface area contributed by atoms with E-state index in [9.17, 15) is 0 Å². The van der Waals surface area contributed by atoms with E-state index < -0.39 is 0 Å². The molecule has 0 saturated heterocycles. The fourth-order valence-corrected chi connectivity index (χ4v) is 3.25. The van der Waals surface area contributed by atoms with Gasteiger partial charge in [-0.15, -0.1) is 0 Å². The molecular weight excluding hydrogens is 268 g/mol. The second-order valence-corrected chi connectivity index (χ2v) is 5.87. The second kappa shape index (κ2) is 5.47. The summed E-state index contributed by atoms with van der Waals surface area (Å²) in [6.45, 7) is 0.590. The van der Waals surface area contributed by atoms with Crippen LogP contribution in [0.1, 0.15) is 24.0 Å². The van der Waals surface area contributed by atoms with Gasteiger partial charge in [-0.25, -0.2) is 0 Å². The van der Waals surface area contributed by atoms with Gasteiger partial charge < -0.3 is 11.1 Å². The van der Waals surface area contributed by atoms with Crippen LogP contribution in [0.3, 0.4) is 0 Å². The molecule has 0 heterocycles. The molecule has 3 heteroatoms. The first-order valence-corrected chi connectivity index (χ1v) is 7.43. The van der Waals surface area contributed by atoms with Gasteiger partial charge in [0.1, 0.15) is 0 Å². The highest BCUT2D eigenvalue weighted by molar-refractivity contribution is 6.30. The Balaban J connectivity index is 1.98. The van der Waals surface area contributed by atoms with E-state index in [0.717, 1.165) is 30.0 Å². The Bertz CT molecular complexity index is 594. The van der Waals surface area contributed by atoms with Crippen LogP contribution >= 0.6 is 11.6 Å². The van der Waals surface area contributed by atoms with Gasteiger partial charge in [0.25, 0.3) is 0 Å². The highest BCUT2D eigenvalue weighted by Crippen LogP contribution is 2.37. The summed E-state index contributed by atoms with van der Waals surface area (Å²) in [4.78, 5) is 0. The Morgan fingerprint density at radius 1 is 1.10 bits per heavy atom. The van der Waals surface area contributed by atoms with Crippen molar-refractivity contribution in [3.63, 3.8) is 0 Å². The predicted octanol–water partition coefficient (Wildman–Crippen LogP) is 3.94. The van der Waals surface area contributed by atoms with Crippen molar-refractivity contribution in [2.24, 2.45) is 5.73 Å². The van der Waals surface area contributed by atoms with Crippen LogP contribution in [0.2, 0.25) is 5.02 Å². The number of nitrogens with two attached hydrogens (primary N) is 1. The average molecular weight is 287 g/mol. The number of halogens is 1. The zero-order valence-electron chi connectivity index (χ0n) is 11.4. The van der Waals surface area contributed by atoms with Crippen LogP contribution in [-0.4, -0.2) is 6.54 Å². The molecule has 1 atom stereocenters. The summed E-state index contributed by atoms with van der Waals surface area (Å²) in [6, 6.07) is 16.4. The van der Waals surface area contributed by atoms with Crippen molar-refractivity contribution in [2.45, 2.75) is 24.8 Å². The van der Waals surface area contributed by atoms with Crippen LogP contribution in [0.4, 0.5) is 5.69 Å². The van der Waals surface area contributed by atoms with Crippen molar-refractivity contribution < 1.29 is 0 Å². The fourth-order valence-electron chi connectivity index (χ4n) is 3.12. The summed E-state index contributed by atoms with van der Waals surface area (Å²) in [6.07, 6.45) is 3.36. The Morgan fingerprint density at radius 2 is 1.85 bits per heavy atom. The minimum Gasteiger partial charge on any atom is -0.374 e. The molecule has 0 aliphatic heterocycles. The maximum absolute atomic E-state index is 6.14. The monoisotopic (exact) mass is 286 g/mol. The Hall–Kier alpha value is -1.51. The molecule has 0 fully saturated rings. The van der Waals surface area contributed by atoms with E-state index in [2.05, 4.69) is 29.6 Å². The summed E-state index contributed by atoms with van der Waals surface area (Å²) < 4.78 is 0. The molecule has 2 aromatic rings. The van der Waals surface area contributed by atoms with E-state index >= 15 is 0 Å². The van der Waals surface area contributed by atoms with E-state index in [1.807, 2.05) is 24.3 Å². The maximum Gasteiger partial charge on any atom is 0.0750 e. The number of hydrogen-bond donors (Lipinski definition) is 2. The topological polar surface area (TPSA) is 38.0 Å². The van der Waals surface area contributed by atoms with Crippen molar-refractivity contribution in [3.8, 4) is 0 Å². The normalized spacial score (nSPS) is 21.3. The Morgan fingerprint density at radius 3 is 2.60 bits per heavy atom. The minimum atomic E-state index is -0.164. The van der Waals surface area contributed by atoms with Crippen LogP contribution in [0.15, 0.2) is 48.5 Å². The quantitative estimate of drug-likeness (QED) is 0.897. The van der Waals surface area contributed by atoms with Crippen LogP contribution in [-0.2, 0) is 12.0 Å². The van der Waals surface area contributed by atoms with Crippen LogP contribution in [0.25, 0.3) is 0 Å². The van der Waals surface area contributed by atoms with E-state index in [0.29, 0.717) is 6.54 Å². The molecule has 0 saturated carbocycles. The molecule has 3 N–H and O–H groups in total. The van der Waals surface area contributed by atoms with Gasteiger partial charge in [0, 0.05) is 17.3 Å². The fraction of sp³-hybridized carbons (Fsp3) is 0.294. The molecule has 0 amide bonds. The summed E-state index contributed by atoms with van der Waals surface area (Å²) in [5.41, 5.74) is 9.79. The van der Waals surface area contributed by atoms with E-state index in [-0.39, 0.29) is 5.54 Å². The molecule has 0 spiro atoms. The van der Waals surface area contributed by atoms with E-state index in [4.69, 9.17) is 17.3 Å². The highest BCUT2D eigenvalue weighted by Gasteiger charge is 2.34. The number of benzene rings is 2. The number of fused-ring (bicyclic) bond motifs is 1. The van der Waals surface area contributed by atoms with Gasteiger partial charge in [-0.2, -0.15) is 0 Å². The molecule has 0 bridgehead atoms. The first-order chi connectivity index (χ1) is 9.73. The van der Waals surface area contributed by atoms with Crippen molar-refractivity contribution in [1.82, 2.24) is 0 Å². The molecule has 1 aliphatic carbocycles. The maximum atomic E-state index is 6.14. The molecule has 0 aromatic heterocycles. The standard InChI is InChI=1S/C17H19ClN2/c18-14-7-9-15(10-8-14)20-17(12-19)11-3-5-13-4-1-2-6-16(13)17/h1-2,4,6-10,20H,3,5,11-12,19H2. The lowest BCUT2D eigenvalue weighted by molar-refractivity contribution is 0.417. The summed E-state index contributed by atoms with van der Waals surface area (Å²) in [5.74, 6) is 0. The van der Waals surface area contributed by atoms with Crippen LogP contribution in [0, 0.1) is 0 Å². The average Bonchev–Trinajstić information content (AvgIpc) is 2.50. The molecule has 3 rings (SSSR count). The number of nitrogens with one attached hydrogen (secondary N) is 1. The lowest BCUT2D eigenvalue weighted by Gasteiger charge is -2.40. The first kappa shape index (κ1) is 13.5. The molecule has 1 aliphatic rings. The molecule has 0 radical (unpaired) electrons. The Kier molecular flexibility index (Phi) is 3.68. The van der Waals surface area contributed by atoms with Crippen molar-refractivity contribution in [1.29, 1.82) is 0 Å². The lowest BCUT2D eigenvalue weighted by Crippen LogP contribution is -2.45. The molecule has 20 heavy (non-hydrogen) atoms. The van der Waals surface area contributed by atoms with Crippen LogP contribution in [0.5, 0.6) is 0 Å². The highest BCUT2D eigenvalue weighted by atomic mass is 35.5. The van der Waals surface area contributed by atoms with Gasteiger partial charge >= 0.3 is 0 Å². The first-order valence-electron chi connectivity index (χ1n) is 7.06. The van der Waals surface area contributed by atoms with E-state index in [1.54, 1.807) is 0 Å². The lowest BCUT2D eigenvalue weighted by atomic mass is 9.76. The zero-order valence-corrected chi connectivity index (χ0v) is 12.2. The van der Waals surface area contributed by atoms with Crippen molar-refractivity contribution in [3.05, 3.63) is 64.7 Å². The third kappa shape index (κ3) is 2.41. The van der Waals surface area contributed by atoms with Crippen molar-refractivity contribution in [2.75, 3.05) is 11.9 Å². The molecular formula is C17H19ClN2. The van der Waals surface area contributed by atoms with Crippen molar-refractivity contribution >= 4 is 17.3 Å². The largest absolute Gasteiger partial charge is 0.374 e. The smallest absolute Gasteiger partial charge is 0.0750 e. The van der Waals surface area contributed by atoms with Gasteiger partial charge in [-0.1, -0.05) is 35.9 Å². The minimum absolute atomic E-state index is 0.164. The predicted molar refractivity (Wildman–Crippen MR) is 85.2 cm³/mol. The van der Waals surface area contributed by atoms with Gasteiger partial charge in [0.15, 0.2) is 0 Å². The third-order valence-electron chi connectivity index (χ3n) is 4.16. The molecule has 104 valence electrons. The number of anilines is 1. The van der Waals surface area contributed by atoms with Gasteiger partial charge in [-0.3, -0.25) is 0 Å².